The molecule has 0 spiro atoms. The molecule has 1 aromatic heterocycles. The third kappa shape index (κ3) is 1.41. The largest absolute Gasteiger partial charge is 0.256 e. The number of fused-ring (bicyclic) bond motifs is 1. The number of aromatic nitrogens is 1. The Bertz CT molecular complexity index is 428. The molecule has 0 saturated heterocycles. The Morgan fingerprint density at radius 3 is 2.92 bits per heavy atom. The van der Waals surface area contributed by atoms with Gasteiger partial charge in [0.1, 0.15) is 0 Å². The minimum atomic E-state index is 0.763. The van der Waals surface area contributed by atoms with E-state index in [-0.39, 0.29) is 0 Å². The highest BCUT2D eigenvalue weighted by molar-refractivity contribution is 14.1. The van der Waals surface area contributed by atoms with Crippen LogP contribution in [0.1, 0.15) is 0 Å². The van der Waals surface area contributed by atoms with Crippen LogP contribution in [-0.2, 0) is 0 Å². The molecule has 2 aromatic rings. The normalized spacial score (nSPS) is 10.5. The molecule has 0 radical (unpaired) electrons. The Morgan fingerprint density at radius 1 is 1.25 bits per heavy atom. The lowest BCUT2D eigenvalue weighted by Crippen LogP contribution is -1.79. The van der Waals surface area contributed by atoms with E-state index in [9.17, 15) is 0 Å². The van der Waals surface area contributed by atoms with Gasteiger partial charge in [0.25, 0.3) is 0 Å². The fourth-order valence-electron chi connectivity index (χ4n) is 1.08. The zero-order valence-corrected chi connectivity index (χ0v) is 9.00. The van der Waals surface area contributed by atoms with Crippen molar-refractivity contribution in [2.24, 2.45) is 0 Å². The van der Waals surface area contributed by atoms with Crippen LogP contribution in [0, 0.1) is 3.57 Å². The molecule has 0 unspecified atom stereocenters. The van der Waals surface area contributed by atoms with Crippen LogP contribution in [0.2, 0.25) is 5.02 Å². The van der Waals surface area contributed by atoms with E-state index in [2.05, 4.69) is 27.6 Å². The smallest absolute Gasteiger partial charge is 0.0717 e. The Kier molecular flexibility index (Phi) is 2.19. The number of hydrogen-bond acceptors (Lipinski definition) is 1. The van der Waals surface area contributed by atoms with E-state index in [4.69, 9.17) is 11.6 Å². The summed E-state index contributed by atoms with van der Waals surface area (Å²) in [6.45, 7) is 0. The highest BCUT2D eigenvalue weighted by Gasteiger charge is 1.98. The summed E-state index contributed by atoms with van der Waals surface area (Å²) in [5, 5.41) is 1.78. The summed E-state index contributed by atoms with van der Waals surface area (Å²) < 4.78 is 1.18. The summed E-state index contributed by atoms with van der Waals surface area (Å²) in [6.07, 6.45) is 1.72. The SMILES string of the molecule is Clc1ccnc2ccc(I)cc12. The molecule has 0 atom stereocenters. The Labute approximate surface area is 88.9 Å². The minimum absolute atomic E-state index is 0.763. The molecule has 60 valence electrons. The first-order valence-corrected chi connectivity index (χ1v) is 4.93. The molecule has 1 aromatic carbocycles. The summed E-state index contributed by atoms with van der Waals surface area (Å²) in [5.41, 5.74) is 0.947. The summed E-state index contributed by atoms with van der Waals surface area (Å²) in [6, 6.07) is 7.83. The fourth-order valence-corrected chi connectivity index (χ4v) is 1.78. The predicted octanol–water partition coefficient (Wildman–Crippen LogP) is 3.49. The molecule has 0 aliphatic rings. The van der Waals surface area contributed by atoms with Gasteiger partial charge in [0.15, 0.2) is 0 Å². The van der Waals surface area contributed by atoms with Gasteiger partial charge in [-0.15, -0.1) is 0 Å². The van der Waals surface area contributed by atoms with E-state index in [1.165, 1.54) is 3.57 Å². The quantitative estimate of drug-likeness (QED) is 0.677. The second kappa shape index (κ2) is 3.18. The molecule has 0 N–H and O–H groups in total. The van der Waals surface area contributed by atoms with Gasteiger partial charge in [-0.05, 0) is 46.9 Å². The fraction of sp³-hybridized carbons (Fsp3) is 0. The van der Waals surface area contributed by atoms with Crippen LogP contribution >= 0.6 is 34.2 Å². The molecular formula is C9H5ClIN. The van der Waals surface area contributed by atoms with Crippen molar-refractivity contribution in [3.8, 4) is 0 Å². The lowest BCUT2D eigenvalue weighted by Gasteiger charge is -1.98. The lowest BCUT2D eigenvalue weighted by molar-refractivity contribution is 1.41. The maximum atomic E-state index is 5.99. The highest BCUT2D eigenvalue weighted by Crippen LogP contribution is 2.22. The van der Waals surface area contributed by atoms with E-state index in [1.54, 1.807) is 12.3 Å². The summed E-state index contributed by atoms with van der Waals surface area (Å²) in [4.78, 5) is 4.20. The molecule has 0 aliphatic carbocycles. The monoisotopic (exact) mass is 289 g/mol. The third-order valence-corrected chi connectivity index (χ3v) is 2.65. The van der Waals surface area contributed by atoms with E-state index < -0.39 is 0 Å². The number of nitrogens with zero attached hydrogens (tertiary/aromatic N) is 1. The van der Waals surface area contributed by atoms with Crippen LogP contribution in [-0.4, -0.2) is 4.98 Å². The van der Waals surface area contributed by atoms with Crippen LogP contribution in [0.5, 0.6) is 0 Å². The maximum Gasteiger partial charge on any atom is 0.0717 e. The van der Waals surface area contributed by atoms with Crippen LogP contribution < -0.4 is 0 Å². The zero-order valence-electron chi connectivity index (χ0n) is 6.09. The number of halogens is 2. The summed E-state index contributed by atoms with van der Waals surface area (Å²) in [5.74, 6) is 0. The highest BCUT2D eigenvalue weighted by atomic mass is 127. The maximum absolute atomic E-state index is 5.99. The van der Waals surface area contributed by atoms with Gasteiger partial charge in [0, 0.05) is 15.2 Å². The van der Waals surface area contributed by atoms with E-state index >= 15 is 0 Å². The first-order valence-electron chi connectivity index (χ1n) is 3.47. The van der Waals surface area contributed by atoms with Crippen molar-refractivity contribution in [2.45, 2.75) is 0 Å². The van der Waals surface area contributed by atoms with Gasteiger partial charge in [-0.2, -0.15) is 0 Å². The van der Waals surface area contributed by atoms with Gasteiger partial charge in [0.2, 0.25) is 0 Å². The van der Waals surface area contributed by atoms with Gasteiger partial charge < -0.3 is 0 Å². The average Bonchev–Trinajstić information content (AvgIpc) is 2.07. The average molecular weight is 290 g/mol. The van der Waals surface area contributed by atoms with Crippen LogP contribution in [0.25, 0.3) is 10.9 Å². The lowest BCUT2D eigenvalue weighted by atomic mass is 10.2. The summed E-state index contributed by atoms with van der Waals surface area (Å²) in [7, 11) is 0. The molecule has 2 rings (SSSR count). The van der Waals surface area contributed by atoms with E-state index in [1.807, 2.05) is 18.2 Å². The van der Waals surface area contributed by atoms with Crippen molar-refractivity contribution in [1.82, 2.24) is 4.98 Å². The van der Waals surface area contributed by atoms with Crippen LogP contribution in [0.4, 0.5) is 0 Å². The second-order valence-corrected chi connectivity index (χ2v) is 4.11. The van der Waals surface area contributed by atoms with E-state index in [0.717, 1.165) is 15.9 Å². The van der Waals surface area contributed by atoms with Gasteiger partial charge >= 0.3 is 0 Å². The number of benzene rings is 1. The molecule has 0 aliphatic heterocycles. The van der Waals surface area contributed by atoms with Gasteiger partial charge in [0.05, 0.1) is 10.5 Å². The van der Waals surface area contributed by atoms with Crippen LogP contribution in [0.15, 0.2) is 30.5 Å². The molecular weight excluding hydrogens is 284 g/mol. The first kappa shape index (κ1) is 8.26. The zero-order chi connectivity index (χ0) is 8.55. The molecule has 1 heterocycles. The number of pyridine rings is 1. The molecule has 3 heteroatoms. The Hall–Kier alpha value is -0.350. The van der Waals surface area contributed by atoms with Crippen LogP contribution in [0.3, 0.4) is 0 Å². The summed E-state index contributed by atoms with van der Waals surface area (Å²) >= 11 is 8.24. The molecule has 0 saturated carbocycles. The van der Waals surface area contributed by atoms with E-state index in [0.29, 0.717) is 0 Å². The molecule has 0 fully saturated rings. The Morgan fingerprint density at radius 2 is 2.08 bits per heavy atom. The number of rotatable bonds is 0. The molecule has 0 bridgehead atoms. The standard InChI is InChI=1S/C9H5ClIN/c10-8-3-4-12-9-2-1-6(11)5-7(8)9/h1-5H. The Balaban J connectivity index is 2.88. The predicted molar refractivity (Wildman–Crippen MR) is 59.5 cm³/mol. The van der Waals surface area contributed by atoms with Gasteiger partial charge in [-0.25, -0.2) is 0 Å². The number of hydrogen-bond donors (Lipinski definition) is 0. The van der Waals surface area contributed by atoms with Crippen molar-refractivity contribution < 1.29 is 0 Å². The first-order chi connectivity index (χ1) is 5.77. The van der Waals surface area contributed by atoms with Crippen molar-refractivity contribution in [3.63, 3.8) is 0 Å². The van der Waals surface area contributed by atoms with Crippen molar-refractivity contribution >= 4 is 45.1 Å². The molecule has 0 amide bonds. The van der Waals surface area contributed by atoms with Crippen molar-refractivity contribution in [3.05, 3.63) is 39.1 Å². The molecule has 1 nitrogen and oxygen atoms in total. The second-order valence-electron chi connectivity index (χ2n) is 2.45. The van der Waals surface area contributed by atoms with Gasteiger partial charge in [-0.3, -0.25) is 4.98 Å². The topological polar surface area (TPSA) is 12.9 Å². The van der Waals surface area contributed by atoms with Gasteiger partial charge in [-0.1, -0.05) is 11.6 Å². The third-order valence-electron chi connectivity index (χ3n) is 1.65. The molecule has 12 heavy (non-hydrogen) atoms. The minimum Gasteiger partial charge on any atom is -0.256 e. The van der Waals surface area contributed by atoms with Crippen molar-refractivity contribution in [2.75, 3.05) is 0 Å². The van der Waals surface area contributed by atoms with Crippen molar-refractivity contribution in [1.29, 1.82) is 0 Å².